The van der Waals surface area contributed by atoms with Gasteiger partial charge in [-0.05, 0) is 65.3 Å². The number of hydrazone groups is 1. The summed E-state index contributed by atoms with van der Waals surface area (Å²) in [5.74, 6) is 0.290. The molecule has 2 aromatic carbocycles. The molecule has 1 atom stereocenters. The minimum absolute atomic E-state index is 0.0293. The van der Waals surface area contributed by atoms with Crippen LogP contribution in [0.3, 0.4) is 0 Å². The summed E-state index contributed by atoms with van der Waals surface area (Å²) in [5.41, 5.74) is 7.00. The molecule has 0 aliphatic carbocycles. The van der Waals surface area contributed by atoms with Crippen LogP contribution in [0.5, 0.6) is 0 Å². The number of hydrogen-bond acceptors (Lipinski definition) is 5. The molecule has 2 heterocycles. The van der Waals surface area contributed by atoms with Crippen molar-refractivity contribution in [1.82, 2.24) is 5.43 Å². The lowest BCUT2D eigenvalue weighted by atomic mass is 9.76. The second-order valence-corrected chi connectivity index (χ2v) is 10.2. The zero-order valence-electron chi connectivity index (χ0n) is 18.6. The number of nitrogens with one attached hydrogen (secondary N) is 1. The van der Waals surface area contributed by atoms with Crippen molar-refractivity contribution in [2.75, 3.05) is 11.4 Å². The third kappa shape index (κ3) is 4.11. The molecule has 168 valence electrons. The van der Waals surface area contributed by atoms with Gasteiger partial charge in [-0.15, -0.1) is 0 Å². The Hall–Kier alpha value is -2.87. The van der Waals surface area contributed by atoms with Gasteiger partial charge in [0.1, 0.15) is 5.82 Å². The maximum Gasteiger partial charge on any atom is 0.299 e. The van der Waals surface area contributed by atoms with Crippen LogP contribution in [0, 0.1) is 11.7 Å². The van der Waals surface area contributed by atoms with Crippen molar-refractivity contribution in [3.05, 3.63) is 65.0 Å². The first-order valence-corrected chi connectivity index (χ1v) is 11.5. The van der Waals surface area contributed by atoms with Gasteiger partial charge in [0.05, 0.1) is 11.0 Å². The zero-order chi connectivity index (χ0) is 23.0. The highest BCUT2D eigenvalue weighted by molar-refractivity contribution is 8.14. The molecule has 0 bridgehead atoms. The predicted molar refractivity (Wildman–Crippen MR) is 127 cm³/mol. The predicted octanol–water partition coefficient (Wildman–Crippen LogP) is 5.33. The molecule has 1 amide bonds. The topological polar surface area (TPSA) is 77.3 Å². The van der Waals surface area contributed by atoms with E-state index >= 15 is 0 Å². The van der Waals surface area contributed by atoms with Gasteiger partial charge < -0.3 is 10.1 Å². The molecule has 6 nitrogen and oxygen atoms in total. The second kappa shape index (κ2) is 8.58. The van der Waals surface area contributed by atoms with Crippen LogP contribution in [0.4, 0.5) is 14.9 Å². The molecule has 0 saturated heterocycles. The third-order valence-electron chi connectivity index (χ3n) is 6.10. The highest BCUT2D eigenvalue weighted by Crippen LogP contribution is 2.41. The number of amidine groups is 1. The Kier molecular flexibility index (Phi) is 5.99. The summed E-state index contributed by atoms with van der Waals surface area (Å²) in [6.07, 6.45) is 0.842. The van der Waals surface area contributed by atoms with Gasteiger partial charge in [0.2, 0.25) is 0 Å². The van der Waals surface area contributed by atoms with Gasteiger partial charge in [-0.1, -0.05) is 50.7 Å². The number of fused-ring (bicyclic) bond motifs is 1. The van der Waals surface area contributed by atoms with E-state index in [4.69, 9.17) is 0 Å². The third-order valence-corrected chi connectivity index (χ3v) is 7.43. The molecule has 2 N–H and O–H groups in total. The van der Waals surface area contributed by atoms with Gasteiger partial charge in [0.15, 0.2) is 5.84 Å². The minimum Gasteiger partial charge on any atom is -0.409 e. The van der Waals surface area contributed by atoms with E-state index in [1.807, 2.05) is 17.0 Å². The van der Waals surface area contributed by atoms with Crippen LogP contribution in [0.2, 0.25) is 0 Å². The molecule has 8 heteroatoms. The number of carbonyl (C=O) groups excluding carboxylic acids is 1. The molecule has 0 aromatic heterocycles. The van der Waals surface area contributed by atoms with Crippen molar-refractivity contribution in [2.24, 2.45) is 16.2 Å². The smallest absolute Gasteiger partial charge is 0.299 e. The highest BCUT2D eigenvalue weighted by Gasteiger charge is 2.36. The lowest BCUT2D eigenvalue weighted by Gasteiger charge is -2.40. The van der Waals surface area contributed by atoms with Crippen molar-refractivity contribution >= 4 is 34.2 Å². The summed E-state index contributed by atoms with van der Waals surface area (Å²) >= 11 is 1.27. The van der Waals surface area contributed by atoms with Crippen molar-refractivity contribution in [2.45, 2.75) is 44.8 Å². The standard InChI is InChI=1S/C24H27FN4O2S/c1-14(2)21-20(26-27-23(30)32-21)16-7-10-19-18(13-16)24(3,4)11-12-29(19)22(28-31)15-5-8-17(25)9-6-15/h5-10,13-14,21,31H,11-12H2,1-4H3,(H,27,30)/b28-22-. The number of benzene rings is 2. The summed E-state index contributed by atoms with van der Waals surface area (Å²) in [4.78, 5) is 13.8. The van der Waals surface area contributed by atoms with Crippen molar-refractivity contribution < 1.29 is 14.4 Å². The lowest BCUT2D eigenvalue weighted by molar-refractivity contribution is 0.260. The maximum atomic E-state index is 13.4. The number of carbonyl (C=O) groups is 1. The first kappa shape index (κ1) is 22.3. The number of amides is 1. The number of nitrogens with zero attached hydrogens (tertiary/aromatic N) is 3. The Morgan fingerprint density at radius 1 is 1.28 bits per heavy atom. The zero-order valence-corrected chi connectivity index (χ0v) is 19.4. The largest absolute Gasteiger partial charge is 0.409 e. The van der Waals surface area contributed by atoms with Crippen LogP contribution in [0.1, 0.15) is 50.8 Å². The monoisotopic (exact) mass is 454 g/mol. The maximum absolute atomic E-state index is 13.4. The Bertz CT molecular complexity index is 1100. The van der Waals surface area contributed by atoms with Crippen LogP contribution in [0.25, 0.3) is 0 Å². The summed E-state index contributed by atoms with van der Waals surface area (Å²) < 4.78 is 13.4. The highest BCUT2D eigenvalue weighted by atomic mass is 32.2. The number of anilines is 1. The van der Waals surface area contributed by atoms with Gasteiger partial charge in [-0.3, -0.25) is 4.79 Å². The van der Waals surface area contributed by atoms with E-state index in [-0.39, 0.29) is 27.6 Å². The van der Waals surface area contributed by atoms with Crippen LogP contribution in [0.15, 0.2) is 52.7 Å². The van der Waals surface area contributed by atoms with E-state index in [0.717, 1.165) is 28.9 Å². The van der Waals surface area contributed by atoms with Crippen LogP contribution in [-0.2, 0) is 5.41 Å². The first-order chi connectivity index (χ1) is 15.2. The van der Waals surface area contributed by atoms with Gasteiger partial charge in [-0.25, -0.2) is 9.82 Å². The van der Waals surface area contributed by atoms with Crippen molar-refractivity contribution in [3.63, 3.8) is 0 Å². The molecule has 2 aromatic rings. The Balaban J connectivity index is 1.78. The molecule has 0 spiro atoms. The molecule has 0 radical (unpaired) electrons. The average Bonchev–Trinajstić information content (AvgIpc) is 2.76. The molecular weight excluding hydrogens is 427 g/mol. The lowest BCUT2D eigenvalue weighted by Crippen LogP contribution is -2.42. The van der Waals surface area contributed by atoms with E-state index in [9.17, 15) is 14.4 Å². The quantitative estimate of drug-likeness (QED) is 0.284. The van der Waals surface area contributed by atoms with E-state index in [1.54, 1.807) is 12.1 Å². The van der Waals surface area contributed by atoms with Crippen LogP contribution < -0.4 is 10.3 Å². The Labute approximate surface area is 191 Å². The van der Waals surface area contributed by atoms with E-state index in [1.165, 1.54) is 23.9 Å². The summed E-state index contributed by atoms with van der Waals surface area (Å²) in [5, 5.41) is 17.6. The minimum atomic E-state index is -0.339. The number of halogens is 1. The molecule has 2 aliphatic heterocycles. The van der Waals surface area contributed by atoms with Gasteiger partial charge in [-0.2, -0.15) is 5.10 Å². The molecule has 32 heavy (non-hydrogen) atoms. The number of oxime groups is 1. The molecular formula is C24H27FN4O2S. The fourth-order valence-corrected chi connectivity index (χ4v) is 5.15. The number of hydrogen-bond donors (Lipinski definition) is 2. The van der Waals surface area contributed by atoms with Gasteiger partial charge in [0, 0.05) is 17.8 Å². The molecule has 4 rings (SSSR count). The Morgan fingerprint density at radius 3 is 2.66 bits per heavy atom. The van der Waals surface area contributed by atoms with E-state index in [2.05, 4.69) is 49.4 Å². The molecule has 0 fully saturated rings. The first-order valence-electron chi connectivity index (χ1n) is 10.7. The van der Waals surface area contributed by atoms with Crippen molar-refractivity contribution in [3.8, 4) is 0 Å². The van der Waals surface area contributed by atoms with E-state index < -0.39 is 0 Å². The van der Waals surface area contributed by atoms with Gasteiger partial charge >= 0.3 is 0 Å². The molecule has 0 saturated carbocycles. The summed E-state index contributed by atoms with van der Waals surface area (Å²) in [7, 11) is 0. The SMILES string of the molecule is CC(C)C1SC(=O)NN=C1c1ccc2c(c1)C(C)(C)CCN2/C(=N\O)c1ccc(F)cc1. The molecule has 2 aliphatic rings. The summed E-state index contributed by atoms with van der Waals surface area (Å²) in [6, 6.07) is 12.1. The fourth-order valence-electron chi connectivity index (χ4n) is 4.25. The van der Waals surface area contributed by atoms with E-state index in [0.29, 0.717) is 17.9 Å². The fraction of sp³-hybridized carbons (Fsp3) is 0.375. The molecule has 1 unspecified atom stereocenters. The van der Waals surface area contributed by atoms with Crippen LogP contribution >= 0.6 is 11.8 Å². The van der Waals surface area contributed by atoms with Crippen LogP contribution in [-0.4, -0.2) is 33.8 Å². The Morgan fingerprint density at radius 2 is 2.00 bits per heavy atom. The van der Waals surface area contributed by atoms with Gasteiger partial charge in [0.25, 0.3) is 5.24 Å². The van der Waals surface area contributed by atoms with Crippen molar-refractivity contribution in [1.29, 1.82) is 0 Å². The summed E-state index contributed by atoms with van der Waals surface area (Å²) in [6.45, 7) is 9.22. The normalized spacial score (nSPS) is 20.6. The number of thioether (sulfide) groups is 1. The average molecular weight is 455 g/mol. The second-order valence-electron chi connectivity index (χ2n) is 9.13. The number of rotatable bonds is 3.